The molecule has 4 nitrogen and oxygen atoms in total. The average molecular weight is 322 g/mol. The fourth-order valence-corrected chi connectivity index (χ4v) is 3.78. The van der Waals surface area contributed by atoms with Gasteiger partial charge in [0.05, 0.1) is 5.69 Å². The molecule has 2 heterocycles. The third-order valence-electron chi connectivity index (χ3n) is 5.20. The molecule has 126 valence electrons. The summed E-state index contributed by atoms with van der Waals surface area (Å²) in [6.07, 6.45) is 4.65. The van der Waals surface area contributed by atoms with Crippen LogP contribution < -0.4 is 4.90 Å². The van der Waals surface area contributed by atoms with E-state index in [4.69, 9.17) is 9.97 Å². The maximum Gasteiger partial charge on any atom is 0.226 e. The minimum atomic E-state index is 0.567. The first-order valence-corrected chi connectivity index (χ1v) is 9.02. The number of aryl methyl sites for hydroxylation is 1. The van der Waals surface area contributed by atoms with Gasteiger partial charge in [0, 0.05) is 36.0 Å². The zero-order chi connectivity index (χ0) is 16.7. The first kappa shape index (κ1) is 15.6. The summed E-state index contributed by atoms with van der Waals surface area (Å²) < 4.78 is 0. The van der Waals surface area contributed by atoms with Crippen molar-refractivity contribution in [3.63, 3.8) is 0 Å². The van der Waals surface area contributed by atoms with Crippen molar-refractivity contribution in [3.8, 4) is 11.3 Å². The molecule has 1 atom stereocenters. The predicted molar refractivity (Wildman–Crippen MR) is 98.3 cm³/mol. The average Bonchev–Trinajstić information content (AvgIpc) is 3.00. The van der Waals surface area contributed by atoms with Gasteiger partial charge in [-0.1, -0.05) is 18.2 Å². The Morgan fingerprint density at radius 2 is 2.08 bits per heavy atom. The van der Waals surface area contributed by atoms with Gasteiger partial charge in [0.1, 0.15) is 0 Å². The standard InChI is InChI=1S/C20H26N4/c1-14-10-11-24(14)20-21-18-9-5-8-17(18)19(22-20)16-7-4-6-15(12-16)13-23(2)3/h4,6-7,12,14H,5,8-11,13H2,1-3H3/t14-/m0/s1. The number of benzene rings is 1. The number of hydrogen-bond donors (Lipinski definition) is 0. The van der Waals surface area contributed by atoms with Crippen molar-refractivity contribution in [2.45, 2.75) is 45.2 Å². The van der Waals surface area contributed by atoms with Crippen LogP contribution in [0.1, 0.15) is 36.6 Å². The fraction of sp³-hybridized carbons (Fsp3) is 0.500. The second-order valence-corrected chi connectivity index (χ2v) is 7.42. The topological polar surface area (TPSA) is 32.3 Å². The van der Waals surface area contributed by atoms with Crippen LogP contribution in [0.15, 0.2) is 24.3 Å². The van der Waals surface area contributed by atoms with Gasteiger partial charge >= 0.3 is 0 Å². The highest BCUT2D eigenvalue weighted by molar-refractivity contribution is 5.67. The van der Waals surface area contributed by atoms with Crippen LogP contribution in [0.3, 0.4) is 0 Å². The Hall–Kier alpha value is -1.94. The molecule has 4 rings (SSSR count). The van der Waals surface area contributed by atoms with E-state index in [0.717, 1.165) is 37.6 Å². The number of hydrogen-bond acceptors (Lipinski definition) is 4. The summed E-state index contributed by atoms with van der Waals surface area (Å²) in [6, 6.07) is 9.41. The van der Waals surface area contributed by atoms with Crippen molar-refractivity contribution in [2.75, 3.05) is 25.5 Å². The summed E-state index contributed by atoms with van der Waals surface area (Å²) in [5, 5.41) is 0. The third-order valence-corrected chi connectivity index (χ3v) is 5.20. The van der Waals surface area contributed by atoms with Crippen LogP contribution in [0, 0.1) is 0 Å². The molecular weight excluding hydrogens is 296 g/mol. The van der Waals surface area contributed by atoms with Crippen LogP contribution in [0.4, 0.5) is 5.95 Å². The fourth-order valence-electron chi connectivity index (χ4n) is 3.78. The van der Waals surface area contributed by atoms with Crippen molar-refractivity contribution in [2.24, 2.45) is 0 Å². The van der Waals surface area contributed by atoms with Crippen LogP contribution in [0.25, 0.3) is 11.3 Å². The van der Waals surface area contributed by atoms with Crippen LogP contribution >= 0.6 is 0 Å². The van der Waals surface area contributed by atoms with Crippen molar-refractivity contribution in [1.82, 2.24) is 14.9 Å². The van der Waals surface area contributed by atoms with Gasteiger partial charge in [-0.15, -0.1) is 0 Å². The molecule has 1 aliphatic heterocycles. The van der Waals surface area contributed by atoms with E-state index < -0.39 is 0 Å². The SMILES string of the molecule is C[C@H]1CCN1c1nc2c(c(-c3cccc(CN(C)C)c3)n1)CCC2. The molecule has 0 amide bonds. The number of fused-ring (bicyclic) bond motifs is 1. The Morgan fingerprint density at radius 1 is 1.21 bits per heavy atom. The summed E-state index contributed by atoms with van der Waals surface area (Å²) in [5.41, 5.74) is 6.37. The number of anilines is 1. The van der Waals surface area contributed by atoms with E-state index in [2.05, 4.69) is 55.1 Å². The molecule has 1 fully saturated rings. The van der Waals surface area contributed by atoms with Crippen molar-refractivity contribution in [1.29, 1.82) is 0 Å². The summed E-state index contributed by atoms with van der Waals surface area (Å²) in [4.78, 5) is 14.4. The Labute approximate surface area is 144 Å². The number of nitrogens with zero attached hydrogens (tertiary/aromatic N) is 4. The first-order chi connectivity index (χ1) is 11.6. The molecule has 0 radical (unpaired) electrons. The monoisotopic (exact) mass is 322 g/mol. The maximum absolute atomic E-state index is 5.01. The predicted octanol–water partition coefficient (Wildman–Crippen LogP) is 3.29. The molecular formula is C20H26N4. The second-order valence-electron chi connectivity index (χ2n) is 7.42. The van der Waals surface area contributed by atoms with Crippen LogP contribution in [0.5, 0.6) is 0 Å². The zero-order valence-corrected chi connectivity index (χ0v) is 14.9. The van der Waals surface area contributed by atoms with E-state index >= 15 is 0 Å². The third kappa shape index (κ3) is 2.80. The first-order valence-electron chi connectivity index (χ1n) is 9.02. The molecule has 0 saturated carbocycles. The molecule has 24 heavy (non-hydrogen) atoms. The van der Waals surface area contributed by atoms with E-state index in [0.29, 0.717) is 6.04 Å². The highest BCUT2D eigenvalue weighted by Gasteiger charge is 2.29. The second kappa shape index (κ2) is 6.17. The summed E-state index contributed by atoms with van der Waals surface area (Å²) in [7, 11) is 4.22. The van der Waals surface area contributed by atoms with E-state index in [1.54, 1.807) is 0 Å². The molecule has 0 unspecified atom stereocenters. The van der Waals surface area contributed by atoms with Gasteiger partial charge in [-0.2, -0.15) is 0 Å². The Morgan fingerprint density at radius 3 is 2.79 bits per heavy atom. The molecule has 1 aromatic carbocycles. The van der Waals surface area contributed by atoms with E-state index in [-0.39, 0.29) is 0 Å². The van der Waals surface area contributed by atoms with Crippen molar-refractivity contribution in [3.05, 3.63) is 41.1 Å². The largest absolute Gasteiger partial charge is 0.338 e. The summed E-state index contributed by atoms with van der Waals surface area (Å²) in [6.45, 7) is 4.30. The van der Waals surface area contributed by atoms with E-state index in [1.807, 2.05) is 0 Å². The zero-order valence-electron chi connectivity index (χ0n) is 14.9. The lowest BCUT2D eigenvalue weighted by molar-refractivity contribution is 0.402. The highest BCUT2D eigenvalue weighted by Crippen LogP contribution is 2.34. The van der Waals surface area contributed by atoms with Gasteiger partial charge in [0.2, 0.25) is 5.95 Å². The molecule has 1 saturated heterocycles. The van der Waals surface area contributed by atoms with Gasteiger partial charge in [0.15, 0.2) is 0 Å². The van der Waals surface area contributed by atoms with Gasteiger partial charge in [-0.3, -0.25) is 0 Å². The molecule has 0 spiro atoms. The van der Waals surface area contributed by atoms with Crippen LogP contribution in [0.2, 0.25) is 0 Å². The van der Waals surface area contributed by atoms with Gasteiger partial charge in [0.25, 0.3) is 0 Å². The molecule has 0 N–H and O–H groups in total. The number of aromatic nitrogens is 2. The van der Waals surface area contributed by atoms with Gasteiger partial charge in [-0.05, 0) is 58.3 Å². The highest BCUT2D eigenvalue weighted by atomic mass is 15.3. The molecule has 1 aliphatic carbocycles. The van der Waals surface area contributed by atoms with Crippen LogP contribution in [-0.4, -0.2) is 41.5 Å². The molecule has 0 bridgehead atoms. The van der Waals surface area contributed by atoms with E-state index in [1.165, 1.54) is 35.2 Å². The lowest BCUT2D eigenvalue weighted by atomic mass is 10.0. The quantitative estimate of drug-likeness (QED) is 0.864. The van der Waals surface area contributed by atoms with Gasteiger partial charge < -0.3 is 9.80 Å². The lowest BCUT2D eigenvalue weighted by Crippen LogP contribution is -2.46. The molecule has 1 aromatic heterocycles. The Kier molecular flexibility index (Phi) is 4.01. The normalized spacial score (nSPS) is 19.5. The number of rotatable bonds is 4. The smallest absolute Gasteiger partial charge is 0.226 e. The minimum absolute atomic E-state index is 0.567. The molecule has 4 heteroatoms. The van der Waals surface area contributed by atoms with Crippen molar-refractivity contribution >= 4 is 5.95 Å². The maximum atomic E-state index is 5.01. The Bertz CT molecular complexity index is 753. The Balaban J connectivity index is 1.77. The summed E-state index contributed by atoms with van der Waals surface area (Å²) >= 11 is 0. The van der Waals surface area contributed by atoms with Crippen LogP contribution in [-0.2, 0) is 19.4 Å². The van der Waals surface area contributed by atoms with Crippen molar-refractivity contribution < 1.29 is 0 Å². The van der Waals surface area contributed by atoms with E-state index in [9.17, 15) is 0 Å². The molecule has 2 aliphatic rings. The molecule has 2 aromatic rings. The lowest BCUT2D eigenvalue weighted by Gasteiger charge is -2.39. The summed E-state index contributed by atoms with van der Waals surface area (Å²) in [5.74, 6) is 0.933. The minimum Gasteiger partial charge on any atom is -0.338 e. The van der Waals surface area contributed by atoms with Gasteiger partial charge in [-0.25, -0.2) is 9.97 Å².